The molecule has 0 saturated heterocycles. The lowest BCUT2D eigenvalue weighted by Gasteiger charge is -2.07. The van der Waals surface area contributed by atoms with Crippen molar-refractivity contribution in [2.75, 3.05) is 11.6 Å². The molecule has 0 saturated carbocycles. The quantitative estimate of drug-likeness (QED) is 0.865. The van der Waals surface area contributed by atoms with Crippen molar-refractivity contribution in [3.63, 3.8) is 0 Å². The van der Waals surface area contributed by atoms with Crippen LogP contribution in [0.1, 0.15) is 5.56 Å². The Morgan fingerprint density at radius 2 is 1.95 bits per heavy atom. The molecule has 1 aromatic carbocycles. The Bertz CT molecular complexity index is 769. The fourth-order valence-electron chi connectivity index (χ4n) is 1.55. The van der Waals surface area contributed by atoms with Crippen LogP contribution < -0.4 is 10.9 Å². The summed E-state index contributed by atoms with van der Waals surface area (Å²) in [5.74, 6) is 0.431. The molecule has 2 N–H and O–H groups in total. The number of hydrogen-bond donors (Lipinski definition) is 2. The van der Waals surface area contributed by atoms with E-state index < -0.39 is 9.84 Å². The lowest BCUT2D eigenvalue weighted by atomic mass is 10.2. The van der Waals surface area contributed by atoms with Crippen LogP contribution >= 0.6 is 15.9 Å². The third-order valence-corrected chi connectivity index (χ3v) is 4.47. The predicted octanol–water partition coefficient (Wildman–Crippen LogP) is 1.55. The number of halogens is 1. The van der Waals surface area contributed by atoms with E-state index in [1.54, 1.807) is 24.3 Å². The maximum absolute atomic E-state index is 11.4. The number of hydrogen-bond acceptors (Lipinski definition) is 5. The van der Waals surface area contributed by atoms with Crippen LogP contribution in [0.4, 0.5) is 5.82 Å². The first-order valence-electron chi connectivity index (χ1n) is 5.64. The van der Waals surface area contributed by atoms with Crippen LogP contribution in [0.3, 0.4) is 0 Å². The van der Waals surface area contributed by atoms with Gasteiger partial charge in [0.25, 0.3) is 5.56 Å². The molecule has 0 radical (unpaired) electrons. The minimum atomic E-state index is -3.18. The normalized spacial score (nSPS) is 11.3. The van der Waals surface area contributed by atoms with Gasteiger partial charge in [-0.2, -0.15) is 0 Å². The van der Waals surface area contributed by atoms with Gasteiger partial charge in [0, 0.05) is 12.8 Å². The van der Waals surface area contributed by atoms with E-state index in [-0.39, 0.29) is 10.5 Å². The molecular formula is C12H12BrN3O3S. The van der Waals surface area contributed by atoms with Gasteiger partial charge in [0.1, 0.15) is 10.3 Å². The average Bonchev–Trinajstić information content (AvgIpc) is 2.40. The summed E-state index contributed by atoms with van der Waals surface area (Å²) in [6, 6.07) is 6.52. The van der Waals surface area contributed by atoms with Gasteiger partial charge in [-0.15, -0.1) is 0 Å². The molecule has 106 valence electrons. The van der Waals surface area contributed by atoms with Gasteiger partial charge in [0.05, 0.1) is 11.2 Å². The Morgan fingerprint density at radius 1 is 1.30 bits per heavy atom. The molecule has 2 aromatic rings. The number of aromatic amines is 1. The van der Waals surface area contributed by atoms with Crippen LogP contribution in [0.5, 0.6) is 0 Å². The Hall–Kier alpha value is -1.67. The van der Waals surface area contributed by atoms with E-state index in [2.05, 4.69) is 31.2 Å². The smallest absolute Gasteiger partial charge is 0.267 e. The van der Waals surface area contributed by atoms with Crippen LogP contribution in [0, 0.1) is 0 Å². The van der Waals surface area contributed by atoms with E-state index in [0.29, 0.717) is 16.8 Å². The molecule has 0 unspecified atom stereocenters. The fraction of sp³-hybridized carbons (Fsp3) is 0.167. The number of aromatic nitrogens is 2. The second-order valence-corrected chi connectivity index (χ2v) is 6.97. The second kappa shape index (κ2) is 5.76. The minimum Gasteiger partial charge on any atom is -0.365 e. The highest BCUT2D eigenvalue weighted by atomic mass is 79.9. The standard InChI is InChI=1S/C12H12BrN3O3S/c1-20(18,19)9-4-2-8(3-5-9)6-14-11-10(13)12(17)16-7-15-11/h2-5,7H,6H2,1H3,(H2,14,15,16,17). The highest BCUT2D eigenvalue weighted by Gasteiger charge is 2.07. The van der Waals surface area contributed by atoms with E-state index in [9.17, 15) is 13.2 Å². The number of H-pyrrole nitrogens is 1. The van der Waals surface area contributed by atoms with Crippen LogP contribution in [-0.4, -0.2) is 24.6 Å². The summed E-state index contributed by atoms with van der Waals surface area (Å²) in [5.41, 5.74) is 0.612. The van der Waals surface area contributed by atoms with Gasteiger partial charge in [0.2, 0.25) is 0 Å². The zero-order valence-electron chi connectivity index (χ0n) is 10.6. The van der Waals surface area contributed by atoms with Gasteiger partial charge in [-0.1, -0.05) is 12.1 Å². The molecule has 1 heterocycles. The van der Waals surface area contributed by atoms with Gasteiger partial charge in [0.15, 0.2) is 9.84 Å². The molecular weight excluding hydrogens is 346 g/mol. The van der Waals surface area contributed by atoms with E-state index in [0.717, 1.165) is 11.8 Å². The van der Waals surface area contributed by atoms with Crippen molar-refractivity contribution < 1.29 is 8.42 Å². The molecule has 20 heavy (non-hydrogen) atoms. The van der Waals surface area contributed by atoms with Gasteiger partial charge in [-0.25, -0.2) is 13.4 Å². The maximum atomic E-state index is 11.4. The first-order valence-corrected chi connectivity index (χ1v) is 8.32. The highest BCUT2D eigenvalue weighted by molar-refractivity contribution is 9.10. The van der Waals surface area contributed by atoms with Crippen LogP contribution in [0.15, 0.2) is 44.8 Å². The first kappa shape index (κ1) is 14.7. The number of nitrogens with one attached hydrogen (secondary N) is 2. The lowest BCUT2D eigenvalue weighted by Crippen LogP contribution is -2.12. The van der Waals surface area contributed by atoms with Crippen molar-refractivity contribution in [3.05, 3.63) is 51.0 Å². The van der Waals surface area contributed by atoms with Crippen molar-refractivity contribution in [1.29, 1.82) is 0 Å². The van der Waals surface area contributed by atoms with E-state index >= 15 is 0 Å². The first-order chi connectivity index (χ1) is 9.38. The number of sulfone groups is 1. The number of nitrogens with zero attached hydrogens (tertiary/aromatic N) is 1. The summed E-state index contributed by atoms with van der Waals surface area (Å²) in [5, 5.41) is 3.00. The molecule has 0 spiro atoms. The van der Waals surface area contributed by atoms with E-state index in [1.807, 2.05) is 0 Å². The molecule has 0 atom stereocenters. The van der Waals surface area contributed by atoms with Crippen molar-refractivity contribution in [3.8, 4) is 0 Å². The minimum absolute atomic E-state index is 0.269. The molecule has 0 aliphatic carbocycles. The van der Waals surface area contributed by atoms with Crippen molar-refractivity contribution in [1.82, 2.24) is 9.97 Å². The molecule has 0 bridgehead atoms. The van der Waals surface area contributed by atoms with Crippen molar-refractivity contribution in [2.45, 2.75) is 11.4 Å². The van der Waals surface area contributed by atoms with Crippen molar-refractivity contribution >= 4 is 31.6 Å². The predicted molar refractivity (Wildman–Crippen MR) is 79.4 cm³/mol. The molecule has 6 nitrogen and oxygen atoms in total. The number of rotatable bonds is 4. The lowest BCUT2D eigenvalue weighted by molar-refractivity contribution is 0.602. The summed E-state index contributed by atoms with van der Waals surface area (Å²) in [4.78, 5) is 18.1. The Balaban J connectivity index is 2.12. The summed E-state index contributed by atoms with van der Waals surface area (Å²) in [7, 11) is -3.18. The molecule has 2 rings (SSSR count). The van der Waals surface area contributed by atoms with E-state index in [1.165, 1.54) is 6.33 Å². The van der Waals surface area contributed by atoms with Gasteiger partial charge < -0.3 is 10.3 Å². The molecule has 0 aliphatic heterocycles. The maximum Gasteiger partial charge on any atom is 0.267 e. The zero-order valence-corrected chi connectivity index (χ0v) is 13.0. The van der Waals surface area contributed by atoms with Gasteiger partial charge in [-0.3, -0.25) is 4.79 Å². The summed E-state index contributed by atoms with van der Waals surface area (Å²) in [6.07, 6.45) is 2.47. The Labute approximate surface area is 124 Å². The van der Waals surface area contributed by atoms with Crippen LogP contribution in [0.25, 0.3) is 0 Å². The topological polar surface area (TPSA) is 91.9 Å². The summed E-state index contributed by atoms with van der Waals surface area (Å²) < 4.78 is 23.0. The van der Waals surface area contributed by atoms with E-state index in [4.69, 9.17) is 0 Å². The van der Waals surface area contributed by atoms with Crippen LogP contribution in [0.2, 0.25) is 0 Å². The largest absolute Gasteiger partial charge is 0.365 e. The molecule has 0 amide bonds. The monoisotopic (exact) mass is 357 g/mol. The molecule has 0 fully saturated rings. The SMILES string of the molecule is CS(=O)(=O)c1ccc(CNc2nc[nH]c(=O)c2Br)cc1. The molecule has 0 aliphatic rings. The number of benzene rings is 1. The fourth-order valence-corrected chi connectivity index (χ4v) is 2.53. The Kier molecular flexibility index (Phi) is 4.24. The highest BCUT2D eigenvalue weighted by Crippen LogP contribution is 2.15. The third kappa shape index (κ3) is 3.45. The Morgan fingerprint density at radius 3 is 2.55 bits per heavy atom. The average molecular weight is 358 g/mol. The van der Waals surface area contributed by atoms with Gasteiger partial charge >= 0.3 is 0 Å². The van der Waals surface area contributed by atoms with Crippen LogP contribution in [-0.2, 0) is 16.4 Å². The summed E-state index contributed by atoms with van der Waals surface area (Å²) >= 11 is 3.14. The summed E-state index contributed by atoms with van der Waals surface area (Å²) in [6.45, 7) is 0.430. The zero-order chi connectivity index (χ0) is 14.8. The third-order valence-electron chi connectivity index (χ3n) is 2.61. The molecule has 8 heteroatoms. The second-order valence-electron chi connectivity index (χ2n) is 4.16. The molecule has 1 aromatic heterocycles. The number of anilines is 1. The van der Waals surface area contributed by atoms with Crippen molar-refractivity contribution in [2.24, 2.45) is 0 Å². The van der Waals surface area contributed by atoms with Gasteiger partial charge in [-0.05, 0) is 33.6 Å².